The van der Waals surface area contributed by atoms with Crippen molar-refractivity contribution in [2.75, 3.05) is 19.7 Å². The quantitative estimate of drug-likeness (QED) is 0.830. The molecule has 0 unspecified atom stereocenters. The number of nitrogens with zero attached hydrogens (tertiary/aromatic N) is 1. The Morgan fingerprint density at radius 1 is 1.11 bits per heavy atom. The minimum atomic E-state index is -0.724. The lowest BCUT2D eigenvalue weighted by molar-refractivity contribution is -0.154. The Bertz CT molecular complexity index is 343. The van der Waals surface area contributed by atoms with Crippen molar-refractivity contribution in [2.45, 2.75) is 69.0 Å². The molecule has 1 N–H and O–H groups in total. The highest BCUT2D eigenvalue weighted by Gasteiger charge is 2.42. The van der Waals surface area contributed by atoms with Gasteiger partial charge >= 0.3 is 0 Å². The first-order valence-corrected chi connectivity index (χ1v) is 7.75. The van der Waals surface area contributed by atoms with Crippen LogP contribution in [0.3, 0.4) is 0 Å². The molecule has 0 atom stereocenters. The second-order valence-corrected chi connectivity index (χ2v) is 6.66. The lowest BCUT2D eigenvalue weighted by atomic mass is 9.95. The standard InChI is InChI=1S/C15H25NO3/c17-13(11-14(18)5-1-2-6-14)16-9-10-19-15(12-16)7-3-4-8-15/h18H,1-12H2. The van der Waals surface area contributed by atoms with Gasteiger partial charge in [-0.2, -0.15) is 0 Å². The molecule has 2 aliphatic carbocycles. The third-order valence-corrected chi connectivity index (χ3v) is 5.13. The van der Waals surface area contributed by atoms with Crippen molar-refractivity contribution in [2.24, 2.45) is 0 Å². The first-order valence-electron chi connectivity index (χ1n) is 7.75. The minimum absolute atomic E-state index is 0.0633. The number of carbonyl (C=O) groups is 1. The van der Waals surface area contributed by atoms with Crippen molar-refractivity contribution in [3.63, 3.8) is 0 Å². The smallest absolute Gasteiger partial charge is 0.225 e. The SMILES string of the molecule is O=C(CC1(O)CCCC1)N1CCOC2(CCCC2)C1. The lowest BCUT2D eigenvalue weighted by Gasteiger charge is -2.41. The molecule has 19 heavy (non-hydrogen) atoms. The topological polar surface area (TPSA) is 49.8 Å². The zero-order valence-electron chi connectivity index (χ0n) is 11.7. The number of morpholine rings is 1. The van der Waals surface area contributed by atoms with Gasteiger partial charge < -0.3 is 14.7 Å². The minimum Gasteiger partial charge on any atom is -0.389 e. The van der Waals surface area contributed by atoms with Crippen LogP contribution in [0.15, 0.2) is 0 Å². The van der Waals surface area contributed by atoms with Crippen molar-refractivity contribution < 1.29 is 14.6 Å². The molecule has 1 amide bonds. The summed E-state index contributed by atoms with van der Waals surface area (Å²) in [5.41, 5.74) is -0.787. The van der Waals surface area contributed by atoms with Gasteiger partial charge in [0, 0.05) is 13.1 Å². The molecule has 4 nitrogen and oxygen atoms in total. The predicted molar refractivity (Wildman–Crippen MR) is 71.8 cm³/mol. The third kappa shape index (κ3) is 2.79. The first kappa shape index (κ1) is 13.4. The monoisotopic (exact) mass is 267 g/mol. The van der Waals surface area contributed by atoms with Crippen LogP contribution in [0.5, 0.6) is 0 Å². The maximum Gasteiger partial charge on any atom is 0.225 e. The highest BCUT2D eigenvalue weighted by Crippen LogP contribution is 2.37. The van der Waals surface area contributed by atoms with E-state index in [9.17, 15) is 9.90 Å². The lowest BCUT2D eigenvalue weighted by Crippen LogP contribution is -2.53. The first-order chi connectivity index (χ1) is 9.11. The van der Waals surface area contributed by atoms with E-state index in [-0.39, 0.29) is 11.5 Å². The molecule has 0 radical (unpaired) electrons. The maximum absolute atomic E-state index is 12.4. The number of hydrogen-bond acceptors (Lipinski definition) is 3. The van der Waals surface area contributed by atoms with E-state index in [1.54, 1.807) is 0 Å². The molecule has 0 aromatic heterocycles. The van der Waals surface area contributed by atoms with Gasteiger partial charge in [-0.05, 0) is 25.7 Å². The number of amides is 1. The molecule has 0 aromatic carbocycles. The normalized spacial score (nSPS) is 29.0. The van der Waals surface area contributed by atoms with Gasteiger partial charge in [-0.1, -0.05) is 25.7 Å². The van der Waals surface area contributed by atoms with Crippen LogP contribution < -0.4 is 0 Å². The maximum atomic E-state index is 12.4. The zero-order chi connectivity index (χ0) is 13.3. The summed E-state index contributed by atoms with van der Waals surface area (Å²) in [5.74, 6) is 0.124. The van der Waals surface area contributed by atoms with Crippen LogP contribution in [0.2, 0.25) is 0 Å². The van der Waals surface area contributed by atoms with Crippen molar-refractivity contribution >= 4 is 5.91 Å². The largest absolute Gasteiger partial charge is 0.389 e. The van der Waals surface area contributed by atoms with Gasteiger partial charge in [0.2, 0.25) is 5.91 Å². The van der Waals surface area contributed by atoms with E-state index in [1.807, 2.05) is 4.90 Å². The Labute approximate surface area is 115 Å². The van der Waals surface area contributed by atoms with Gasteiger partial charge in [-0.15, -0.1) is 0 Å². The molecule has 2 saturated carbocycles. The van der Waals surface area contributed by atoms with Crippen LogP contribution >= 0.6 is 0 Å². The van der Waals surface area contributed by atoms with Crippen molar-refractivity contribution in [3.05, 3.63) is 0 Å². The average Bonchev–Trinajstić information content (AvgIpc) is 3.00. The van der Waals surface area contributed by atoms with Gasteiger partial charge in [0.25, 0.3) is 0 Å². The van der Waals surface area contributed by atoms with E-state index in [4.69, 9.17) is 4.74 Å². The molecule has 0 bridgehead atoms. The summed E-state index contributed by atoms with van der Waals surface area (Å²) in [6.45, 7) is 2.09. The third-order valence-electron chi connectivity index (χ3n) is 5.13. The summed E-state index contributed by atoms with van der Waals surface area (Å²) in [7, 11) is 0. The van der Waals surface area contributed by atoms with Crippen molar-refractivity contribution in [1.29, 1.82) is 0 Å². The fourth-order valence-electron chi connectivity index (χ4n) is 3.98. The van der Waals surface area contributed by atoms with Crippen LogP contribution in [0, 0.1) is 0 Å². The molecule has 3 rings (SSSR count). The van der Waals surface area contributed by atoms with Crippen molar-refractivity contribution in [3.8, 4) is 0 Å². The zero-order valence-corrected chi connectivity index (χ0v) is 11.7. The number of carbonyl (C=O) groups excluding carboxylic acids is 1. The Morgan fingerprint density at radius 3 is 2.42 bits per heavy atom. The van der Waals surface area contributed by atoms with E-state index < -0.39 is 5.60 Å². The van der Waals surface area contributed by atoms with Gasteiger partial charge in [-0.25, -0.2) is 0 Å². The highest BCUT2D eigenvalue weighted by molar-refractivity contribution is 5.77. The van der Waals surface area contributed by atoms with Gasteiger partial charge in [0.1, 0.15) is 0 Å². The summed E-state index contributed by atoms with van der Waals surface area (Å²) in [5, 5.41) is 10.4. The molecule has 4 heteroatoms. The molecule has 108 valence electrons. The Balaban J connectivity index is 1.60. The van der Waals surface area contributed by atoms with Crippen LogP contribution in [0.1, 0.15) is 57.8 Å². The Morgan fingerprint density at radius 2 is 1.74 bits per heavy atom. The van der Waals surface area contributed by atoms with Gasteiger partial charge in [0.15, 0.2) is 0 Å². The molecular formula is C15H25NO3. The second kappa shape index (κ2) is 5.06. The molecular weight excluding hydrogens is 242 g/mol. The van der Waals surface area contributed by atoms with Gasteiger partial charge in [0.05, 0.1) is 24.2 Å². The van der Waals surface area contributed by atoms with E-state index in [1.165, 1.54) is 12.8 Å². The summed E-state index contributed by atoms with van der Waals surface area (Å²) >= 11 is 0. The Kier molecular flexibility index (Phi) is 3.56. The summed E-state index contributed by atoms with van der Waals surface area (Å²) in [6.07, 6.45) is 8.58. The van der Waals surface area contributed by atoms with Gasteiger partial charge in [-0.3, -0.25) is 4.79 Å². The fraction of sp³-hybridized carbons (Fsp3) is 0.933. The molecule has 3 fully saturated rings. The average molecular weight is 267 g/mol. The fourth-order valence-corrected chi connectivity index (χ4v) is 3.98. The Hall–Kier alpha value is -0.610. The van der Waals surface area contributed by atoms with Crippen LogP contribution in [0.25, 0.3) is 0 Å². The van der Waals surface area contributed by atoms with Crippen LogP contribution in [-0.4, -0.2) is 46.8 Å². The molecule has 3 aliphatic rings. The molecule has 1 saturated heterocycles. The number of hydrogen-bond donors (Lipinski definition) is 1. The summed E-state index contributed by atoms with van der Waals surface area (Å²) < 4.78 is 5.95. The van der Waals surface area contributed by atoms with E-state index in [0.717, 1.165) is 45.1 Å². The number of aliphatic hydroxyl groups is 1. The van der Waals surface area contributed by atoms with Crippen LogP contribution in [-0.2, 0) is 9.53 Å². The van der Waals surface area contributed by atoms with E-state index in [0.29, 0.717) is 19.6 Å². The summed E-state index contributed by atoms with van der Waals surface area (Å²) in [6, 6.07) is 0. The molecule has 1 spiro atoms. The number of ether oxygens (including phenoxy) is 1. The molecule has 1 aliphatic heterocycles. The van der Waals surface area contributed by atoms with Crippen LogP contribution in [0.4, 0.5) is 0 Å². The molecule has 0 aromatic rings. The molecule has 1 heterocycles. The number of rotatable bonds is 2. The van der Waals surface area contributed by atoms with E-state index in [2.05, 4.69) is 0 Å². The van der Waals surface area contributed by atoms with Crippen molar-refractivity contribution in [1.82, 2.24) is 4.90 Å². The highest BCUT2D eigenvalue weighted by atomic mass is 16.5. The van der Waals surface area contributed by atoms with E-state index >= 15 is 0 Å². The second-order valence-electron chi connectivity index (χ2n) is 6.66. The predicted octanol–water partition coefficient (Wildman–Crippen LogP) is 1.85. The summed E-state index contributed by atoms with van der Waals surface area (Å²) in [4.78, 5) is 14.3.